The van der Waals surface area contributed by atoms with Crippen LogP contribution in [0.2, 0.25) is 0 Å². The maximum Gasteiger partial charge on any atom is 0.101 e. The average Bonchev–Trinajstić information content (AvgIpc) is 3.50. The van der Waals surface area contributed by atoms with Gasteiger partial charge in [0.2, 0.25) is 0 Å². The predicted molar refractivity (Wildman–Crippen MR) is 222 cm³/mol. The fourth-order valence-corrected chi connectivity index (χ4v) is 8.70. The predicted octanol–water partition coefficient (Wildman–Crippen LogP) is 12.7. The highest BCUT2D eigenvalue weighted by atomic mass is 15.0. The Bertz CT molecular complexity index is 2680. The van der Waals surface area contributed by atoms with Gasteiger partial charge in [-0.2, -0.15) is 0 Å². The minimum Gasteiger partial charge on any atom is -0.326 e. The second kappa shape index (κ2) is 12.4. The highest BCUT2D eigenvalue weighted by Crippen LogP contribution is 2.46. The van der Waals surface area contributed by atoms with Gasteiger partial charge in [-0.1, -0.05) is 130 Å². The van der Waals surface area contributed by atoms with Crippen molar-refractivity contribution in [2.45, 2.75) is 58.4 Å². The second-order valence-electron chi connectivity index (χ2n) is 15.4. The summed E-state index contributed by atoms with van der Waals surface area (Å²) < 4.78 is 2.38. The summed E-state index contributed by atoms with van der Waals surface area (Å²) in [5.41, 5.74) is 15.0. The second-order valence-corrected chi connectivity index (χ2v) is 15.4. The van der Waals surface area contributed by atoms with E-state index >= 15 is 0 Å². The normalized spacial score (nSPS) is 15.6. The van der Waals surface area contributed by atoms with Gasteiger partial charge in [-0.15, -0.1) is 6.42 Å². The Morgan fingerprint density at radius 2 is 1.65 bits per heavy atom. The van der Waals surface area contributed by atoms with E-state index in [4.69, 9.17) is 6.42 Å². The zero-order valence-corrected chi connectivity index (χ0v) is 30.4. The van der Waals surface area contributed by atoms with E-state index in [1.54, 1.807) is 0 Å². The SMILES string of the molecule is C#Cc1c(/C=C\C)c2ccccc2n1C1C=C(c2cc(-c3ccc(-c4cccnc4)cc3)c3c4c2ccc2cc(C(C)(C)C)cc(c24)CC3)C=CC1. The summed E-state index contributed by atoms with van der Waals surface area (Å²) >= 11 is 0. The van der Waals surface area contributed by atoms with Crippen LogP contribution in [-0.2, 0) is 18.3 Å². The number of benzene rings is 5. The van der Waals surface area contributed by atoms with Gasteiger partial charge >= 0.3 is 0 Å². The first kappa shape index (κ1) is 32.0. The lowest BCUT2D eigenvalue weighted by molar-refractivity contribution is 0.590. The molecule has 0 N–H and O–H groups in total. The minimum atomic E-state index is 0.0856. The molecule has 7 aromatic rings. The standard InChI is InChI=1S/C50H42N2/c1-6-12-40-41-16-8-9-17-47(41)52(46(40)7-2)39-15-10-13-34(29-39)45-30-44(33-20-18-32(19-21-33)37-14-11-26-51-31-37)42-24-22-35-27-38(50(3,4)5)28-36-23-25-43(45)49(42)48(35)36/h2,6,8-14,16-21,23,25-31,39H,15,22,24H2,1,3-5H3/b12-6-. The van der Waals surface area contributed by atoms with E-state index in [-0.39, 0.29) is 11.5 Å². The van der Waals surface area contributed by atoms with Crippen molar-refractivity contribution in [2.75, 3.05) is 0 Å². The van der Waals surface area contributed by atoms with Crippen LogP contribution < -0.4 is 0 Å². The Balaban J connectivity index is 1.29. The molecule has 2 aromatic heterocycles. The molecule has 0 aliphatic heterocycles. The van der Waals surface area contributed by atoms with Crippen molar-refractivity contribution in [2.24, 2.45) is 0 Å². The fourth-order valence-electron chi connectivity index (χ4n) is 8.70. The van der Waals surface area contributed by atoms with Crippen LogP contribution in [-0.4, -0.2) is 9.55 Å². The van der Waals surface area contributed by atoms with Gasteiger partial charge in [-0.05, 0) is 121 Å². The van der Waals surface area contributed by atoms with Crippen molar-refractivity contribution in [1.29, 1.82) is 0 Å². The molecular formula is C50H42N2. The Labute approximate surface area is 306 Å². The molecule has 2 heterocycles. The third-order valence-corrected chi connectivity index (χ3v) is 11.2. The third kappa shape index (κ3) is 5.15. The number of aromatic nitrogens is 2. The number of fused-ring (bicyclic) bond motifs is 1. The number of pyridine rings is 1. The van der Waals surface area contributed by atoms with E-state index < -0.39 is 0 Å². The summed E-state index contributed by atoms with van der Waals surface area (Å²) in [6.45, 7) is 9.02. The van der Waals surface area contributed by atoms with Crippen molar-refractivity contribution < 1.29 is 0 Å². The summed E-state index contributed by atoms with van der Waals surface area (Å²) in [7, 11) is 0. The van der Waals surface area contributed by atoms with E-state index in [0.717, 1.165) is 36.1 Å². The van der Waals surface area contributed by atoms with Gasteiger partial charge in [-0.3, -0.25) is 4.98 Å². The van der Waals surface area contributed by atoms with Crippen LogP contribution >= 0.6 is 0 Å². The molecule has 2 heteroatoms. The van der Waals surface area contributed by atoms with Gasteiger partial charge in [0.25, 0.3) is 0 Å². The summed E-state index contributed by atoms with van der Waals surface area (Å²) in [6, 6.07) is 34.0. The van der Waals surface area contributed by atoms with Crippen LogP contribution in [0.5, 0.6) is 0 Å². The molecular weight excluding hydrogens is 629 g/mol. The Morgan fingerprint density at radius 3 is 2.42 bits per heavy atom. The molecule has 2 aliphatic rings. The molecule has 1 atom stereocenters. The summed E-state index contributed by atoms with van der Waals surface area (Å²) in [5.74, 6) is 3.08. The molecule has 1 unspecified atom stereocenters. The maximum absolute atomic E-state index is 6.28. The zero-order chi connectivity index (χ0) is 35.6. The average molecular weight is 671 g/mol. The Morgan fingerprint density at radius 1 is 0.827 bits per heavy atom. The smallest absolute Gasteiger partial charge is 0.101 e. The lowest BCUT2D eigenvalue weighted by Gasteiger charge is -2.28. The van der Waals surface area contributed by atoms with Gasteiger partial charge < -0.3 is 4.57 Å². The van der Waals surface area contributed by atoms with Crippen molar-refractivity contribution >= 4 is 44.1 Å². The number of rotatable bonds is 5. The van der Waals surface area contributed by atoms with Crippen LogP contribution in [0.1, 0.15) is 73.7 Å². The molecule has 52 heavy (non-hydrogen) atoms. The molecule has 0 spiro atoms. The third-order valence-electron chi connectivity index (χ3n) is 11.2. The fraction of sp³-hybridized carbons (Fsp3) is 0.180. The number of para-hydroxylation sites is 1. The molecule has 0 bridgehead atoms. The van der Waals surface area contributed by atoms with Crippen molar-refractivity contribution in [3.05, 3.63) is 161 Å². The molecule has 0 saturated carbocycles. The molecule has 0 radical (unpaired) electrons. The summed E-state index contributed by atoms with van der Waals surface area (Å²) in [5, 5.41) is 6.68. The molecule has 0 amide bonds. The van der Waals surface area contributed by atoms with Crippen LogP contribution in [0.15, 0.2) is 128 Å². The van der Waals surface area contributed by atoms with E-state index in [1.165, 1.54) is 77.0 Å². The van der Waals surface area contributed by atoms with E-state index in [0.29, 0.717) is 0 Å². The van der Waals surface area contributed by atoms with Gasteiger partial charge in [0.1, 0.15) is 5.69 Å². The van der Waals surface area contributed by atoms with Gasteiger partial charge in [-0.25, -0.2) is 0 Å². The largest absolute Gasteiger partial charge is 0.326 e. The number of aryl methyl sites for hydroxylation is 2. The van der Waals surface area contributed by atoms with Crippen molar-refractivity contribution in [1.82, 2.24) is 9.55 Å². The highest BCUT2D eigenvalue weighted by Gasteiger charge is 2.26. The molecule has 2 aliphatic carbocycles. The molecule has 2 nitrogen and oxygen atoms in total. The molecule has 252 valence electrons. The molecule has 5 aromatic carbocycles. The topological polar surface area (TPSA) is 17.8 Å². The lowest BCUT2D eigenvalue weighted by Crippen LogP contribution is -2.13. The number of hydrogen-bond acceptors (Lipinski definition) is 1. The Hall–Kier alpha value is -5.91. The van der Waals surface area contributed by atoms with E-state index in [9.17, 15) is 0 Å². The first-order chi connectivity index (χ1) is 25.3. The summed E-state index contributed by atoms with van der Waals surface area (Å²) in [4.78, 5) is 4.36. The first-order valence-corrected chi connectivity index (χ1v) is 18.5. The number of nitrogens with zero attached hydrogens (tertiary/aromatic N) is 2. The number of allylic oxidation sites excluding steroid dienone is 5. The van der Waals surface area contributed by atoms with Gasteiger partial charge in [0.05, 0.1) is 11.6 Å². The van der Waals surface area contributed by atoms with E-state index in [1.807, 2.05) is 18.5 Å². The van der Waals surface area contributed by atoms with Gasteiger partial charge in [0.15, 0.2) is 0 Å². The van der Waals surface area contributed by atoms with Crippen molar-refractivity contribution in [3.63, 3.8) is 0 Å². The van der Waals surface area contributed by atoms with Gasteiger partial charge in [0, 0.05) is 23.3 Å². The monoisotopic (exact) mass is 670 g/mol. The van der Waals surface area contributed by atoms with Crippen molar-refractivity contribution in [3.8, 4) is 34.6 Å². The summed E-state index contributed by atoms with van der Waals surface area (Å²) in [6.07, 6.45) is 24.3. The quantitative estimate of drug-likeness (QED) is 0.132. The minimum absolute atomic E-state index is 0.0856. The molecule has 0 fully saturated rings. The first-order valence-electron chi connectivity index (χ1n) is 18.5. The van der Waals surface area contributed by atoms with E-state index in [2.05, 4.69) is 158 Å². The zero-order valence-electron chi connectivity index (χ0n) is 30.4. The van der Waals surface area contributed by atoms with Crippen LogP contribution in [0.25, 0.3) is 66.4 Å². The Kier molecular flexibility index (Phi) is 7.63. The maximum atomic E-state index is 6.28. The number of terminal acetylenes is 1. The number of hydrogen-bond donors (Lipinski definition) is 0. The lowest BCUT2D eigenvalue weighted by atomic mass is 9.77. The van der Waals surface area contributed by atoms with Crippen LogP contribution in [0, 0.1) is 12.3 Å². The van der Waals surface area contributed by atoms with Crippen LogP contribution in [0.4, 0.5) is 0 Å². The highest BCUT2D eigenvalue weighted by molar-refractivity contribution is 6.17. The molecule has 0 saturated heterocycles. The molecule has 9 rings (SSSR count). The van der Waals surface area contributed by atoms with Crippen LogP contribution in [0.3, 0.4) is 0 Å².